The Bertz CT molecular complexity index is 525. The van der Waals surface area contributed by atoms with Crippen molar-refractivity contribution in [1.82, 2.24) is 4.98 Å². The summed E-state index contributed by atoms with van der Waals surface area (Å²) in [5.41, 5.74) is 0.961. The molecule has 1 aromatic heterocycles. The number of nitrogens with zero attached hydrogens (tertiary/aromatic N) is 1. The molecule has 0 aliphatic carbocycles. The summed E-state index contributed by atoms with van der Waals surface area (Å²) in [6.07, 6.45) is 0. The Hall–Kier alpha value is -0.610. The van der Waals surface area contributed by atoms with Gasteiger partial charge in [-0.2, -0.15) is 0 Å². The molecule has 0 unspecified atom stereocenters. The van der Waals surface area contributed by atoms with Crippen molar-refractivity contribution < 1.29 is 4.74 Å². The molecule has 2 rings (SSSR count). The van der Waals surface area contributed by atoms with Gasteiger partial charge in [-0.1, -0.05) is 0 Å². The Balaban J connectivity index is 2.85. The van der Waals surface area contributed by atoms with Crippen LogP contribution in [0.2, 0.25) is 0 Å². The van der Waals surface area contributed by atoms with E-state index < -0.39 is 0 Å². The maximum Gasteiger partial charge on any atom is 0.119 e. The summed E-state index contributed by atoms with van der Waals surface area (Å²) in [5.74, 6) is 0.848. The third kappa shape index (κ3) is 1.88. The van der Waals surface area contributed by atoms with Crippen LogP contribution in [0.5, 0.6) is 5.75 Å². The van der Waals surface area contributed by atoms with E-state index in [1.165, 1.54) is 0 Å². The number of aryl methyl sites for hydroxylation is 1. The van der Waals surface area contributed by atoms with Crippen LogP contribution in [0.4, 0.5) is 0 Å². The molecule has 0 aliphatic heterocycles. The van der Waals surface area contributed by atoms with E-state index in [0.717, 1.165) is 31.3 Å². The molecule has 15 heavy (non-hydrogen) atoms. The topological polar surface area (TPSA) is 22.1 Å². The lowest BCUT2D eigenvalue weighted by atomic mass is 10.1. The summed E-state index contributed by atoms with van der Waals surface area (Å²) < 4.78 is 7.08. The number of methoxy groups -OCH3 is 1. The molecule has 0 atom stereocenters. The molecule has 2 aromatic rings. The number of halogens is 2. The highest BCUT2D eigenvalue weighted by Gasteiger charge is 2.08. The zero-order valence-corrected chi connectivity index (χ0v) is 11.5. The number of hydrogen-bond donors (Lipinski definition) is 0. The van der Waals surface area contributed by atoms with E-state index >= 15 is 0 Å². The van der Waals surface area contributed by atoms with Crippen LogP contribution in [0.1, 0.15) is 5.69 Å². The second kappa shape index (κ2) is 4.10. The lowest BCUT2D eigenvalue weighted by Crippen LogP contribution is -1.89. The largest absolute Gasteiger partial charge is 0.497 e. The number of rotatable bonds is 1. The highest BCUT2D eigenvalue weighted by molar-refractivity contribution is 9.11. The van der Waals surface area contributed by atoms with Gasteiger partial charge in [-0.05, 0) is 57.0 Å². The summed E-state index contributed by atoms with van der Waals surface area (Å²) in [6.45, 7) is 1.97. The first-order valence-corrected chi connectivity index (χ1v) is 6.01. The van der Waals surface area contributed by atoms with E-state index in [1.54, 1.807) is 7.11 Å². The summed E-state index contributed by atoms with van der Waals surface area (Å²) >= 11 is 6.99. The Morgan fingerprint density at radius 2 is 1.93 bits per heavy atom. The summed E-state index contributed by atoms with van der Waals surface area (Å²) in [4.78, 5) is 4.39. The first-order valence-electron chi connectivity index (χ1n) is 4.43. The molecular formula is C11H9Br2NO. The maximum absolute atomic E-state index is 5.20. The minimum Gasteiger partial charge on any atom is -0.497 e. The van der Waals surface area contributed by atoms with E-state index in [-0.39, 0.29) is 0 Å². The van der Waals surface area contributed by atoms with Gasteiger partial charge in [0.1, 0.15) is 10.4 Å². The molecule has 0 aliphatic rings. The van der Waals surface area contributed by atoms with Crippen molar-refractivity contribution in [3.63, 3.8) is 0 Å². The van der Waals surface area contributed by atoms with Gasteiger partial charge in [0.2, 0.25) is 0 Å². The molecule has 0 fully saturated rings. The number of hydrogen-bond acceptors (Lipinski definition) is 2. The van der Waals surface area contributed by atoms with E-state index in [9.17, 15) is 0 Å². The molecule has 78 valence electrons. The molecule has 0 amide bonds. The SMILES string of the molecule is COc1ccc2c(Br)nc(C)c(Br)c2c1. The normalized spacial score (nSPS) is 10.7. The van der Waals surface area contributed by atoms with Gasteiger partial charge in [-0.3, -0.25) is 0 Å². The lowest BCUT2D eigenvalue weighted by Gasteiger charge is -2.07. The number of ether oxygens (including phenoxy) is 1. The van der Waals surface area contributed by atoms with Crippen LogP contribution < -0.4 is 4.74 Å². The van der Waals surface area contributed by atoms with E-state index in [4.69, 9.17) is 4.74 Å². The smallest absolute Gasteiger partial charge is 0.119 e. The molecule has 4 heteroatoms. The van der Waals surface area contributed by atoms with Crippen LogP contribution in [0.15, 0.2) is 27.3 Å². The van der Waals surface area contributed by atoms with Gasteiger partial charge in [0, 0.05) is 15.2 Å². The average molecular weight is 331 g/mol. The van der Waals surface area contributed by atoms with Crippen LogP contribution in [0.25, 0.3) is 10.8 Å². The molecule has 1 aromatic carbocycles. The molecule has 0 saturated carbocycles. The molecule has 0 spiro atoms. The molecule has 2 nitrogen and oxygen atoms in total. The van der Waals surface area contributed by atoms with Crippen molar-refractivity contribution in [1.29, 1.82) is 0 Å². The van der Waals surface area contributed by atoms with Gasteiger partial charge in [0.05, 0.1) is 12.8 Å². The van der Waals surface area contributed by atoms with Crippen LogP contribution >= 0.6 is 31.9 Å². The third-order valence-corrected chi connectivity index (χ3v) is 3.87. The van der Waals surface area contributed by atoms with Gasteiger partial charge in [-0.15, -0.1) is 0 Å². The second-order valence-corrected chi connectivity index (χ2v) is 4.76. The molecule has 0 radical (unpaired) electrons. The molecule has 0 N–H and O–H groups in total. The summed E-state index contributed by atoms with van der Waals surface area (Å²) in [7, 11) is 1.66. The summed E-state index contributed by atoms with van der Waals surface area (Å²) in [5, 5.41) is 2.18. The zero-order valence-electron chi connectivity index (χ0n) is 8.34. The predicted octanol–water partition coefficient (Wildman–Crippen LogP) is 4.08. The lowest BCUT2D eigenvalue weighted by molar-refractivity contribution is 0.415. The van der Waals surface area contributed by atoms with Crippen molar-refractivity contribution in [2.75, 3.05) is 7.11 Å². The highest BCUT2D eigenvalue weighted by atomic mass is 79.9. The van der Waals surface area contributed by atoms with Crippen molar-refractivity contribution in [2.45, 2.75) is 6.92 Å². The molecular weight excluding hydrogens is 322 g/mol. The van der Waals surface area contributed by atoms with Crippen LogP contribution in [0, 0.1) is 6.92 Å². The van der Waals surface area contributed by atoms with Crippen LogP contribution in [-0.4, -0.2) is 12.1 Å². The number of pyridine rings is 1. The van der Waals surface area contributed by atoms with Crippen molar-refractivity contribution in [2.24, 2.45) is 0 Å². The van der Waals surface area contributed by atoms with Crippen LogP contribution in [-0.2, 0) is 0 Å². The Kier molecular flexibility index (Phi) is 2.98. The van der Waals surface area contributed by atoms with E-state index in [1.807, 2.05) is 25.1 Å². The average Bonchev–Trinajstić information content (AvgIpc) is 2.25. The Morgan fingerprint density at radius 3 is 2.60 bits per heavy atom. The van der Waals surface area contributed by atoms with Gasteiger partial charge in [0.15, 0.2) is 0 Å². The van der Waals surface area contributed by atoms with Crippen molar-refractivity contribution in [3.8, 4) is 5.75 Å². The fourth-order valence-corrected chi connectivity index (χ4v) is 2.49. The fourth-order valence-electron chi connectivity index (χ4n) is 1.46. The zero-order chi connectivity index (χ0) is 11.0. The van der Waals surface area contributed by atoms with E-state index in [0.29, 0.717) is 0 Å². The number of benzene rings is 1. The standard InChI is InChI=1S/C11H9Br2NO/c1-6-10(12)9-5-7(15-2)3-4-8(9)11(13)14-6/h3-5H,1-2H3. The molecule has 0 bridgehead atoms. The Labute approximate surface area is 105 Å². The molecule has 0 saturated heterocycles. The van der Waals surface area contributed by atoms with Crippen molar-refractivity contribution in [3.05, 3.63) is 33.0 Å². The quantitative estimate of drug-likeness (QED) is 0.735. The van der Waals surface area contributed by atoms with Crippen molar-refractivity contribution >= 4 is 42.6 Å². The van der Waals surface area contributed by atoms with E-state index in [2.05, 4.69) is 36.8 Å². The van der Waals surface area contributed by atoms with Crippen LogP contribution in [0.3, 0.4) is 0 Å². The highest BCUT2D eigenvalue weighted by Crippen LogP contribution is 2.33. The maximum atomic E-state index is 5.20. The first-order chi connectivity index (χ1) is 7.13. The fraction of sp³-hybridized carbons (Fsp3) is 0.182. The van der Waals surface area contributed by atoms with Gasteiger partial charge < -0.3 is 4.74 Å². The first kappa shape index (κ1) is 10.9. The number of aromatic nitrogens is 1. The minimum atomic E-state index is 0.848. The van der Waals surface area contributed by atoms with Gasteiger partial charge in [0.25, 0.3) is 0 Å². The monoisotopic (exact) mass is 329 g/mol. The second-order valence-electron chi connectivity index (χ2n) is 3.21. The molecule has 1 heterocycles. The Morgan fingerprint density at radius 1 is 1.20 bits per heavy atom. The predicted molar refractivity (Wildman–Crippen MR) is 68.4 cm³/mol. The van der Waals surface area contributed by atoms with Gasteiger partial charge in [-0.25, -0.2) is 4.98 Å². The summed E-state index contributed by atoms with van der Waals surface area (Å²) in [6, 6.07) is 5.92. The third-order valence-electron chi connectivity index (χ3n) is 2.27. The number of fused-ring (bicyclic) bond motifs is 1. The minimum absolute atomic E-state index is 0.848. The van der Waals surface area contributed by atoms with Gasteiger partial charge >= 0.3 is 0 Å².